The molecule has 0 aliphatic carbocycles. The van der Waals surface area contributed by atoms with Crippen molar-refractivity contribution in [3.8, 4) is 0 Å². The summed E-state index contributed by atoms with van der Waals surface area (Å²) in [5, 5.41) is 4.24. The quantitative estimate of drug-likeness (QED) is 0.497. The first-order chi connectivity index (χ1) is 13.4. The number of nitrogens with one attached hydrogen (secondary N) is 1. The van der Waals surface area contributed by atoms with Crippen molar-refractivity contribution in [1.29, 1.82) is 0 Å². The highest BCUT2D eigenvalue weighted by atomic mass is 32.2. The lowest BCUT2D eigenvalue weighted by molar-refractivity contribution is 0.101. The van der Waals surface area contributed by atoms with Crippen LogP contribution in [0.15, 0.2) is 34.3 Å². The third-order valence-corrected chi connectivity index (χ3v) is 7.87. The van der Waals surface area contributed by atoms with E-state index in [1.807, 2.05) is 6.92 Å². The van der Waals surface area contributed by atoms with Gasteiger partial charge < -0.3 is 5.32 Å². The lowest BCUT2D eigenvalue weighted by atomic mass is 10.0. The average Bonchev–Trinajstić information content (AvgIpc) is 3.14. The molecule has 1 aliphatic rings. The van der Waals surface area contributed by atoms with E-state index in [-0.39, 0.29) is 17.2 Å². The van der Waals surface area contributed by atoms with Crippen LogP contribution in [0.2, 0.25) is 0 Å². The van der Waals surface area contributed by atoms with Gasteiger partial charge in [0.25, 0.3) is 0 Å². The van der Waals surface area contributed by atoms with Gasteiger partial charge in [-0.2, -0.15) is 13.7 Å². The van der Waals surface area contributed by atoms with Crippen LogP contribution in [0, 0.1) is 5.92 Å². The summed E-state index contributed by atoms with van der Waals surface area (Å²) in [6, 6.07) is 6.28. The van der Waals surface area contributed by atoms with Crippen molar-refractivity contribution in [2.24, 2.45) is 5.92 Å². The normalized spacial score (nSPS) is 18.1. The zero-order valence-corrected chi connectivity index (χ0v) is 18.4. The van der Waals surface area contributed by atoms with E-state index in [2.05, 4.69) is 21.6 Å². The fourth-order valence-electron chi connectivity index (χ4n) is 3.07. The number of aromatic nitrogens is 2. The molecular weight excluding hydrogens is 416 g/mol. The Morgan fingerprint density at radius 2 is 2.25 bits per heavy atom. The summed E-state index contributed by atoms with van der Waals surface area (Å²) in [5.41, 5.74) is 0.367. The highest BCUT2D eigenvalue weighted by molar-refractivity contribution is 7.99. The summed E-state index contributed by atoms with van der Waals surface area (Å²) in [6.45, 7) is 5.17. The Morgan fingerprint density at radius 1 is 1.43 bits per heavy atom. The summed E-state index contributed by atoms with van der Waals surface area (Å²) < 4.78 is 31.6. The molecule has 0 spiro atoms. The number of carbonyl (C=O) groups excluding carboxylic acids is 1. The lowest BCUT2D eigenvalue weighted by Gasteiger charge is -2.30. The molecular formula is C18H24N4O3S3. The number of anilines is 1. The summed E-state index contributed by atoms with van der Waals surface area (Å²) in [4.78, 5) is 17.0. The predicted molar refractivity (Wildman–Crippen MR) is 113 cm³/mol. The maximum absolute atomic E-state index is 12.9. The van der Waals surface area contributed by atoms with Crippen LogP contribution in [0.1, 0.15) is 37.0 Å². The summed E-state index contributed by atoms with van der Waals surface area (Å²) in [6.07, 6.45) is 1.91. The molecule has 1 saturated heterocycles. The van der Waals surface area contributed by atoms with Gasteiger partial charge in [0.2, 0.25) is 20.3 Å². The number of hydrogen-bond donors (Lipinski definition) is 1. The van der Waals surface area contributed by atoms with Crippen molar-refractivity contribution < 1.29 is 13.2 Å². The van der Waals surface area contributed by atoms with Crippen molar-refractivity contribution in [3.63, 3.8) is 0 Å². The number of nitrogens with zero attached hydrogens (tertiary/aromatic N) is 3. The van der Waals surface area contributed by atoms with E-state index in [1.165, 1.54) is 33.7 Å². The van der Waals surface area contributed by atoms with E-state index in [0.29, 0.717) is 34.9 Å². The zero-order valence-electron chi connectivity index (χ0n) is 15.9. The molecule has 1 aromatic carbocycles. The Morgan fingerprint density at radius 3 is 3.00 bits per heavy atom. The summed E-state index contributed by atoms with van der Waals surface area (Å²) >= 11 is 2.74. The van der Waals surface area contributed by atoms with E-state index in [9.17, 15) is 13.2 Å². The highest BCUT2D eigenvalue weighted by Crippen LogP contribution is 2.24. The van der Waals surface area contributed by atoms with Crippen LogP contribution in [0.5, 0.6) is 0 Å². The van der Waals surface area contributed by atoms with Gasteiger partial charge in [0, 0.05) is 30.2 Å². The van der Waals surface area contributed by atoms with Crippen molar-refractivity contribution in [2.75, 3.05) is 30.7 Å². The Kier molecular flexibility index (Phi) is 7.08. The molecule has 3 rings (SSSR count). The second-order valence-corrected chi connectivity index (χ2v) is 10.7. The maximum Gasteiger partial charge on any atom is 0.243 e. The summed E-state index contributed by atoms with van der Waals surface area (Å²) in [5.74, 6) is 1.04. The largest absolute Gasteiger partial charge is 0.353 e. The number of carbonyl (C=O) groups is 1. The van der Waals surface area contributed by atoms with Crippen LogP contribution in [0.3, 0.4) is 0 Å². The molecule has 1 aliphatic heterocycles. The number of rotatable bonds is 8. The molecule has 1 N–H and O–H groups in total. The minimum absolute atomic E-state index is 0.0374. The third-order valence-electron chi connectivity index (χ3n) is 4.49. The number of Topliss-reactive ketones (excluding diaryl/α,β-unsaturated/α-hetero) is 1. The molecule has 0 amide bonds. The molecule has 1 aromatic heterocycles. The Balaban J connectivity index is 1.68. The molecule has 7 nitrogen and oxygen atoms in total. The van der Waals surface area contributed by atoms with Gasteiger partial charge >= 0.3 is 0 Å². The van der Waals surface area contributed by atoms with Gasteiger partial charge in [0.05, 0.1) is 11.4 Å². The third kappa shape index (κ3) is 5.11. The van der Waals surface area contributed by atoms with E-state index < -0.39 is 10.0 Å². The number of piperidine rings is 1. The molecule has 0 bridgehead atoms. The van der Waals surface area contributed by atoms with Crippen molar-refractivity contribution >= 4 is 44.2 Å². The van der Waals surface area contributed by atoms with Crippen LogP contribution in [0.4, 0.5) is 5.13 Å². The van der Waals surface area contributed by atoms with Crippen LogP contribution >= 0.6 is 23.3 Å². The van der Waals surface area contributed by atoms with E-state index in [0.717, 1.165) is 18.6 Å². The van der Waals surface area contributed by atoms with E-state index >= 15 is 0 Å². The average molecular weight is 441 g/mol. The van der Waals surface area contributed by atoms with Crippen LogP contribution in [-0.2, 0) is 10.0 Å². The van der Waals surface area contributed by atoms with Gasteiger partial charge in [0.1, 0.15) is 0 Å². The molecule has 1 unspecified atom stereocenters. The summed E-state index contributed by atoms with van der Waals surface area (Å²) in [7, 11) is -3.58. The molecule has 28 heavy (non-hydrogen) atoms. The molecule has 2 aromatic rings. The number of ketones is 1. The molecule has 0 saturated carbocycles. The van der Waals surface area contributed by atoms with Gasteiger partial charge in [0.15, 0.2) is 5.78 Å². The van der Waals surface area contributed by atoms with Gasteiger partial charge in [-0.05, 0) is 36.6 Å². The van der Waals surface area contributed by atoms with Crippen LogP contribution in [0.25, 0.3) is 0 Å². The maximum atomic E-state index is 12.9. The van der Waals surface area contributed by atoms with Crippen molar-refractivity contribution in [2.45, 2.75) is 36.7 Å². The SMILES string of the molecule is CCSc1nsc(NCC(=O)c2cccc(S(=O)(=O)N3CCCC(C)C3)c2)n1. The Hall–Kier alpha value is -1.49. The van der Waals surface area contributed by atoms with Gasteiger partial charge in [-0.15, -0.1) is 0 Å². The first kappa shape index (κ1) is 21.2. The van der Waals surface area contributed by atoms with Crippen molar-refractivity contribution in [3.05, 3.63) is 29.8 Å². The molecule has 10 heteroatoms. The zero-order chi connectivity index (χ0) is 20.1. The fraction of sp³-hybridized carbons (Fsp3) is 0.500. The first-order valence-electron chi connectivity index (χ1n) is 9.24. The second kappa shape index (κ2) is 9.34. The Labute approximate surface area is 174 Å². The second-order valence-electron chi connectivity index (χ2n) is 6.73. The van der Waals surface area contributed by atoms with Crippen LogP contribution in [-0.4, -0.2) is 53.3 Å². The molecule has 1 fully saturated rings. The molecule has 2 heterocycles. The molecule has 1 atom stereocenters. The van der Waals surface area contributed by atoms with E-state index in [4.69, 9.17) is 0 Å². The Bertz CT molecular complexity index is 930. The monoisotopic (exact) mass is 440 g/mol. The van der Waals surface area contributed by atoms with Gasteiger partial charge in [-0.25, -0.2) is 8.42 Å². The minimum atomic E-state index is -3.58. The molecule has 152 valence electrons. The van der Waals surface area contributed by atoms with Crippen LogP contribution < -0.4 is 5.32 Å². The number of thioether (sulfide) groups is 1. The standard InChI is InChI=1S/C18H24N4O3S3/c1-3-26-18-20-17(27-21-18)19-11-16(23)14-7-4-8-15(10-14)28(24,25)22-9-5-6-13(2)12-22/h4,7-8,10,13H,3,5-6,9,11-12H2,1-2H3,(H,19,20,21). The topological polar surface area (TPSA) is 92.3 Å². The first-order valence-corrected chi connectivity index (χ1v) is 12.4. The smallest absolute Gasteiger partial charge is 0.243 e. The number of hydrogen-bond acceptors (Lipinski definition) is 8. The molecule has 0 radical (unpaired) electrons. The van der Waals surface area contributed by atoms with E-state index in [1.54, 1.807) is 18.2 Å². The predicted octanol–water partition coefficient (Wildman–Crippen LogP) is 3.37. The van der Waals surface area contributed by atoms with Crippen molar-refractivity contribution in [1.82, 2.24) is 13.7 Å². The highest BCUT2D eigenvalue weighted by Gasteiger charge is 2.29. The van der Waals surface area contributed by atoms with Gasteiger partial charge in [-0.3, -0.25) is 4.79 Å². The number of benzene rings is 1. The van der Waals surface area contributed by atoms with Gasteiger partial charge in [-0.1, -0.05) is 37.7 Å². The minimum Gasteiger partial charge on any atom is -0.353 e. The lowest BCUT2D eigenvalue weighted by Crippen LogP contribution is -2.39. The fourth-order valence-corrected chi connectivity index (χ4v) is 5.98. The number of sulfonamides is 1.